The molecule has 28 heavy (non-hydrogen) atoms. The van der Waals surface area contributed by atoms with Gasteiger partial charge in [-0.2, -0.15) is 0 Å². The van der Waals surface area contributed by atoms with Crippen molar-refractivity contribution in [2.24, 2.45) is 0 Å². The molecular weight excluding hydrogens is 404 g/mol. The van der Waals surface area contributed by atoms with Crippen molar-refractivity contribution in [1.82, 2.24) is 5.32 Å². The molecule has 1 N–H and O–H groups in total. The first-order valence-corrected chi connectivity index (χ1v) is 9.89. The first-order valence-electron chi connectivity index (χ1n) is 9.13. The van der Waals surface area contributed by atoms with Crippen molar-refractivity contribution >= 4 is 29.1 Å². The van der Waals surface area contributed by atoms with E-state index >= 15 is 0 Å². The van der Waals surface area contributed by atoms with E-state index in [1.165, 1.54) is 12.1 Å². The third-order valence-electron chi connectivity index (χ3n) is 5.10. The van der Waals surface area contributed by atoms with E-state index < -0.39 is 6.10 Å². The van der Waals surface area contributed by atoms with Gasteiger partial charge in [-0.15, -0.1) is 0 Å². The molecule has 4 nitrogen and oxygen atoms in total. The summed E-state index contributed by atoms with van der Waals surface area (Å²) in [5, 5.41) is 3.61. The lowest BCUT2D eigenvalue weighted by molar-refractivity contribution is -0.127. The molecule has 1 aliphatic heterocycles. The Kier molecular flexibility index (Phi) is 6.81. The monoisotopic (exact) mass is 425 g/mol. The summed E-state index contributed by atoms with van der Waals surface area (Å²) in [5.74, 6) is -0.185. The summed E-state index contributed by atoms with van der Waals surface area (Å²) < 4.78 is 24.5. The quantitative estimate of drug-likeness (QED) is 0.725. The van der Waals surface area contributed by atoms with Crippen molar-refractivity contribution in [3.8, 4) is 5.75 Å². The molecule has 1 heterocycles. The molecule has 3 rings (SSSR count). The standard InChI is InChI=1S/C21H22Cl2FNO3/c1-14(28-18-4-2-3-17(22)19(18)23)20(26)25-13-21(9-11-27-12-10-21)15-5-7-16(24)8-6-15/h2-8,14H,9-13H2,1H3,(H,25,26). The number of halogens is 3. The van der Waals surface area contributed by atoms with Gasteiger partial charge < -0.3 is 14.8 Å². The topological polar surface area (TPSA) is 47.6 Å². The number of nitrogens with one attached hydrogen (secondary N) is 1. The SMILES string of the molecule is CC(Oc1cccc(Cl)c1Cl)C(=O)NCC1(c2ccc(F)cc2)CCOCC1. The van der Waals surface area contributed by atoms with Gasteiger partial charge in [0.1, 0.15) is 16.6 Å². The highest BCUT2D eigenvalue weighted by Gasteiger charge is 2.35. The van der Waals surface area contributed by atoms with Gasteiger partial charge in [-0.05, 0) is 49.6 Å². The summed E-state index contributed by atoms with van der Waals surface area (Å²) in [6.07, 6.45) is 0.740. The van der Waals surface area contributed by atoms with Crippen molar-refractivity contribution in [2.75, 3.05) is 19.8 Å². The molecule has 0 radical (unpaired) electrons. The minimum atomic E-state index is -0.749. The zero-order valence-electron chi connectivity index (χ0n) is 15.5. The lowest BCUT2D eigenvalue weighted by Gasteiger charge is -2.38. The first kappa shape index (κ1) is 20.9. The summed E-state index contributed by atoms with van der Waals surface area (Å²) >= 11 is 12.1. The molecule has 1 atom stereocenters. The van der Waals surface area contributed by atoms with E-state index in [-0.39, 0.29) is 22.2 Å². The van der Waals surface area contributed by atoms with Gasteiger partial charge in [0, 0.05) is 25.2 Å². The molecule has 2 aromatic rings. The fourth-order valence-electron chi connectivity index (χ4n) is 3.35. The first-order chi connectivity index (χ1) is 13.4. The van der Waals surface area contributed by atoms with E-state index in [0.717, 1.165) is 18.4 Å². The van der Waals surface area contributed by atoms with Crippen LogP contribution in [0.1, 0.15) is 25.3 Å². The molecule has 1 unspecified atom stereocenters. The number of ether oxygens (including phenoxy) is 2. The number of carbonyl (C=O) groups excluding carboxylic acids is 1. The van der Waals surface area contributed by atoms with E-state index in [9.17, 15) is 9.18 Å². The smallest absolute Gasteiger partial charge is 0.260 e. The number of amides is 1. The Morgan fingerprint density at radius 2 is 1.89 bits per heavy atom. The van der Waals surface area contributed by atoms with Crippen LogP contribution in [0.15, 0.2) is 42.5 Å². The predicted octanol–water partition coefficient (Wildman–Crippen LogP) is 4.76. The van der Waals surface area contributed by atoms with Crippen LogP contribution in [-0.2, 0) is 14.9 Å². The minimum absolute atomic E-state index is 0.260. The van der Waals surface area contributed by atoms with E-state index in [4.69, 9.17) is 32.7 Å². The van der Waals surface area contributed by atoms with Crippen LogP contribution in [0, 0.1) is 5.82 Å². The Bertz CT molecular complexity index is 823. The second-order valence-electron chi connectivity index (χ2n) is 6.93. The molecule has 0 bridgehead atoms. The van der Waals surface area contributed by atoms with Crippen LogP contribution in [0.4, 0.5) is 4.39 Å². The largest absolute Gasteiger partial charge is 0.479 e. The Morgan fingerprint density at radius 1 is 1.21 bits per heavy atom. The lowest BCUT2D eigenvalue weighted by atomic mass is 9.74. The van der Waals surface area contributed by atoms with Gasteiger partial charge in [-0.25, -0.2) is 4.39 Å². The summed E-state index contributed by atoms with van der Waals surface area (Å²) in [6.45, 7) is 3.26. The second-order valence-corrected chi connectivity index (χ2v) is 7.71. The number of benzene rings is 2. The summed E-state index contributed by atoms with van der Waals surface area (Å²) in [4.78, 5) is 12.6. The zero-order chi connectivity index (χ0) is 20.1. The van der Waals surface area contributed by atoms with Gasteiger partial charge in [-0.1, -0.05) is 41.4 Å². The average molecular weight is 426 g/mol. The average Bonchev–Trinajstić information content (AvgIpc) is 2.70. The molecule has 7 heteroatoms. The van der Waals surface area contributed by atoms with Crippen LogP contribution in [0.5, 0.6) is 5.75 Å². The van der Waals surface area contributed by atoms with Gasteiger partial charge in [0.05, 0.1) is 5.02 Å². The van der Waals surface area contributed by atoms with Gasteiger partial charge in [0.2, 0.25) is 0 Å². The summed E-state index contributed by atoms with van der Waals surface area (Å²) in [6, 6.07) is 11.5. The van der Waals surface area contributed by atoms with Crippen LogP contribution in [0.2, 0.25) is 10.0 Å². The molecule has 150 valence electrons. The second kappa shape index (κ2) is 9.12. The number of hydrogen-bond donors (Lipinski definition) is 1. The number of hydrogen-bond acceptors (Lipinski definition) is 3. The predicted molar refractivity (Wildman–Crippen MR) is 108 cm³/mol. The molecule has 0 aliphatic carbocycles. The Morgan fingerprint density at radius 3 is 2.57 bits per heavy atom. The molecule has 2 aromatic carbocycles. The van der Waals surface area contributed by atoms with E-state index in [0.29, 0.717) is 30.5 Å². The van der Waals surface area contributed by atoms with Gasteiger partial charge >= 0.3 is 0 Å². The normalized spacial score (nSPS) is 17.0. The maximum atomic E-state index is 13.3. The molecule has 0 saturated carbocycles. The summed E-state index contributed by atoms with van der Waals surface area (Å²) in [5.41, 5.74) is 0.693. The van der Waals surface area contributed by atoms with Gasteiger partial charge in [0.15, 0.2) is 6.10 Å². The van der Waals surface area contributed by atoms with Crippen molar-refractivity contribution < 1.29 is 18.7 Å². The van der Waals surface area contributed by atoms with E-state index in [2.05, 4.69) is 5.32 Å². The lowest BCUT2D eigenvalue weighted by Crippen LogP contribution is -2.47. The molecule has 1 amide bonds. The molecule has 1 saturated heterocycles. The maximum Gasteiger partial charge on any atom is 0.260 e. The van der Waals surface area contributed by atoms with Crippen molar-refractivity contribution in [1.29, 1.82) is 0 Å². The highest BCUT2D eigenvalue weighted by Crippen LogP contribution is 2.35. The molecule has 0 aromatic heterocycles. The Hall–Kier alpha value is -1.82. The highest BCUT2D eigenvalue weighted by molar-refractivity contribution is 6.42. The fourth-order valence-corrected chi connectivity index (χ4v) is 3.69. The van der Waals surface area contributed by atoms with Crippen LogP contribution < -0.4 is 10.1 Å². The highest BCUT2D eigenvalue weighted by atomic mass is 35.5. The van der Waals surface area contributed by atoms with Crippen molar-refractivity contribution in [2.45, 2.75) is 31.3 Å². The third-order valence-corrected chi connectivity index (χ3v) is 5.90. The van der Waals surface area contributed by atoms with Crippen molar-refractivity contribution in [3.63, 3.8) is 0 Å². The van der Waals surface area contributed by atoms with Crippen LogP contribution in [0.25, 0.3) is 0 Å². The van der Waals surface area contributed by atoms with E-state index in [1.807, 2.05) is 0 Å². The van der Waals surface area contributed by atoms with Gasteiger partial charge in [-0.3, -0.25) is 4.79 Å². The van der Waals surface area contributed by atoms with E-state index in [1.54, 1.807) is 37.3 Å². The molecule has 1 aliphatic rings. The van der Waals surface area contributed by atoms with Crippen LogP contribution in [0.3, 0.4) is 0 Å². The van der Waals surface area contributed by atoms with Gasteiger partial charge in [0.25, 0.3) is 5.91 Å². The zero-order valence-corrected chi connectivity index (χ0v) is 17.0. The van der Waals surface area contributed by atoms with Crippen LogP contribution in [-0.4, -0.2) is 31.8 Å². The molecular formula is C21H22Cl2FNO3. The number of rotatable bonds is 6. The van der Waals surface area contributed by atoms with Crippen LogP contribution >= 0.6 is 23.2 Å². The Balaban J connectivity index is 1.68. The minimum Gasteiger partial charge on any atom is -0.479 e. The third kappa shape index (κ3) is 4.77. The number of carbonyl (C=O) groups is 1. The fraction of sp³-hybridized carbons (Fsp3) is 0.381. The molecule has 0 spiro atoms. The summed E-state index contributed by atoms with van der Waals surface area (Å²) in [7, 11) is 0. The molecule has 1 fully saturated rings. The maximum absolute atomic E-state index is 13.3. The van der Waals surface area contributed by atoms with Crippen molar-refractivity contribution in [3.05, 3.63) is 63.9 Å². The Labute approximate surface area is 173 Å².